The number of rotatable bonds is 27. The van der Waals surface area contributed by atoms with Crippen LogP contribution < -0.4 is 22.5 Å². The van der Waals surface area contributed by atoms with Gasteiger partial charge in [0, 0.05) is 230 Å². The fourth-order valence-electron chi connectivity index (χ4n) is 8.00. The standard InChI is InChI=1S/C24H43FN3O5PS2.C12H28ClN2P.C9H11FN2O4.C9H20OS2.2CH4O.4U/c1-16(2)28(17(3)4)34(31-14-10-9-11-15-35-36-24(6,7)8)33-21-18(5)32-22(20(21)25)27-13-12-19(29)26-23(27)30;1-9(2)14(10(3)4)16(13)15(11(5)6)12(7)8;1-4-7(14)6(10)8(16-4)12-3-2-5(13)11-9(12)15;1-9(2,3)12-11-8-6-4-5-7-10;2*1-2;;;;/h12-13,16-18,20-22H,9-11,14-15H2,1-8H3,(H,26,29,30);9-12H,1-8H3;2-4,6-8,14H,1H3,(H,11,13,15);10H,4-8H2,1-3H3;2*2H,1H3;;;;/i5D;;1D;;2*2T;;;;. The van der Waals surface area contributed by atoms with Gasteiger partial charge in [-0.1, -0.05) is 109 Å². The number of H-pyrrole nitrogens is 2. The molecule has 19 nitrogen and oxygen atoms in total. The number of hydrogen-bond donors (Lipinski definition) is 6. The number of aliphatic hydroxyl groups excluding tert-OH is 4. The quantitative estimate of drug-likeness (QED) is 0.0277. The van der Waals surface area contributed by atoms with Gasteiger partial charge in [-0.3, -0.25) is 38.0 Å². The third kappa shape index (κ3) is 41.2. The molecule has 2 fully saturated rings. The van der Waals surface area contributed by atoms with E-state index in [4.69, 9.17) is 40.5 Å². The van der Waals surface area contributed by atoms with Crippen LogP contribution in [0.1, 0.15) is 192 Å². The number of nitrogens with zero attached hydrogens (tertiary/aromatic N) is 5. The van der Waals surface area contributed by atoms with Crippen LogP contribution in [0.5, 0.6) is 0 Å². The molecule has 512 valence electrons. The summed E-state index contributed by atoms with van der Waals surface area (Å²) in [6.45, 7) is 39.5. The van der Waals surface area contributed by atoms with Crippen molar-refractivity contribution in [1.82, 2.24) is 33.1 Å². The molecular formula is C56H110ClF2N7O12P2S4U4. The van der Waals surface area contributed by atoms with Crippen molar-refractivity contribution in [3.05, 3.63) is 66.2 Å². The van der Waals surface area contributed by atoms with Crippen LogP contribution in [0, 0.1) is 124 Å². The zero-order valence-corrected chi connectivity index (χ0v) is 78.2. The Hall–Kier alpha value is 3.54. The number of aromatic nitrogens is 4. The average molecular weight is 2300 g/mol. The van der Waals surface area contributed by atoms with E-state index in [9.17, 15) is 28.7 Å². The Morgan fingerprint density at radius 3 is 1.35 bits per heavy atom. The van der Waals surface area contributed by atoms with E-state index >= 15 is 4.39 Å². The molecule has 4 heterocycles. The molecule has 2 aliphatic heterocycles. The summed E-state index contributed by atoms with van der Waals surface area (Å²) in [4.78, 5) is 50.0. The van der Waals surface area contributed by atoms with Crippen molar-refractivity contribution in [1.29, 1.82) is 2.86 Å². The number of nitrogens with one attached hydrogen (secondary N) is 2. The zero-order valence-electron chi connectivity index (χ0n) is 59.8. The minimum absolute atomic E-state index is 0. The number of unbranched alkanes of at least 4 members (excludes halogenated alkanes) is 4. The normalized spacial score (nSPS) is 20.8. The summed E-state index contributed by atoms with van der Waals surface area (Å²) in [5, 5.41) is 25.0. The van der Waals surface area contributed by atoms with Gasteiger partial charge >= 0.3 is 11.4 Å². The molecular weight excluding hydrogens is 2180 g/mol. The molecule has 32 heteroatoms. The van der Waals surface area contributed by atoms with Gasteiger partial charge in [0.15, 0.2) is 24.8 Å². The third-order valence-corrected chi connectivity index (χ3v) is 24.0. The molecule has 9 unspecified atom stereocenters. The number of alkyl halides is 2. The number of ether oxygens (including phenoxy) is 2. The van der Waals surface area contributed by atoms with Gasteiger partial charge in [0.1, 0.15) is 19.8 Å². The molecule has 2 aliphatic rings. The Morgan fingerprint density at radius 2 is 1.02 bits per heavy atom. The van der Waals surface area contributed by atoms with Crippen molar-refractivity contribution in [3.63, 3.8) is 0 Å². The largest absolute Gasteiger partial charge is 0.400 e. The van der Waals surface area contributed by atoms with E-state index in [1.54, 1.807) is 0 Å². The van der Waals surface area contributed by atoms with Crippen molar-refractivity contribution in [2.24, 2.45) is 0 Å². The maximum atomic E-state index is 15.7. The summed E-state index contributed by atoms with van der Waals surface area (Å²) >= 11 is 6.71. The van der Waals surface area contributed by atoms with E-state index in [1.165, 1.54) is 32.6 Å². The van der Waals surface area contributed by atoms with Crippen LogP contribution >= 0.6 is 70.5 Å². The molecule has 0 bridgehead atoms. The van der Waals surface area contributed by atoms with Gasteiger partial charge in [-0.15, -0.1) is 0 Å². The fourth-order valence-corrected chi connectivity index (χ4v) is 18.5. The molecule has 9 atom stereocenters. The minimum atomic E-state index is -1.81. The van der Waals surface area contributed by atoms with Gasteiger partial charge in [0.2, 0.25) is 2.86 Å². The van der Waals surface area contributed by atoms with Crippen LogP contribution in [0.15, 0.2) is 43.7 Å². The average Bonchev–Trinajstić information content (AvgIpc) is 1.66. The number of aromatic amines is 2. The molecule has 2 aromatic rings. The smallest absolute Gasteiger partial charge is 0.330 e. The fraction of sp³-hybridized carbons (Fsp3) is 0.857. The van der Waals surface area contributed by atoms with Gasteiger partial charge in [-0.05, 0) is 123 Å². The summed E-state index contributed by atoms with van der Waals surface area (Å²) in [7, 11) is 7.89. The van der Waals surface area contributed by atoms with Crippen molar-refractivity contribution < 1.29 is 175 Å². The maximum absolute atomic E-state index is 15.7. The van der Waals surface area contributed by atoms with E-state index in [0.717, 1.165) is 65.3 Å². The van der Waals surface area contributed by atoms with Gasteiger partial charge in [0.25, 0.3) is 19.6 Å². The van der Waals surface area contributed by atoms with E-state index in [0.29, 0.717) is 42.1 Å². The molecule has 0 saturated carbocycles. The second-order valence-corrected chi connectivity index (χ2v) is 33.2. The van der Waals surface area contributed by atoms with E-state index in [-0.39, 0.29) is 155 Å². The molecule has 4 rings (SSSR count). The summed E-state index contributed by atoms with van der Waals surface area (Å²) in [5.74, 6) is 2.29. The SMILES string of the molecule is CC(C)(C)SSCCCCCO.CC(C)N(C(C)C)P(Cl)N(C(C)C)C(C)C.[2H]CC1OC(n2ccc(=O)[nH]c2=O)C(F)C1O.[2H]CC1OC(n2ccc(=O)[nH]c2=O)C(F)C1OP(OCCCCCSSC(C)(C)C)N(C(C)C)C(C)C.[3H]OC.[3H]OC.[U].[U].[U].[U]. The Bertz CT molecular complexity index is 2320. The van der Waals surface area contributed by atoms with E-state index < -0.39 is 87.8 Å². The molecule has 0 amide bonds. The van der Waals surface area contributed by atoms with Crippen LogP contribution in [0.25, 0.3) is 0 Å². The maximum Gasteiger partial charge on any atom is 0.330 e. The number of hydrogen-bond acceptors (Lipinski definition) is 19. The van der Waals surface area contributed by atoms with E-state index in [1.807, 2.05) is 75.9 Å². The first-order valence-corrected chi connectivity index (χ1v) is 36.5. The predicted molar refractivity (Wildman–Crippen MR) is 355 cm³/mol. The van der Waals surface area contributed by atoms with Gasteiger partial charge in [-0.25, -0.2) is 23.0 Å². The Morgan fingerprint density at radius 1 is 0.659 bits per heavy atom. The second-order valence-electron chi connectivity index (χ2n) is 23.0. The topological polar surface area (TPSA) is 237 Å². The summed E-state index contributed by atoms with van der Waals surface area (Å²) < 4.78 is 88.4. The molecule has 0 radical (unpaired) electrons. The molecule has 0 aliphatic carbocycles. The Kier molecular flexibility index (Phi) is 58.8. The molecule has 0 aromatic carbocycles. The van der Waals surface area contributed by atoms with Crippen LogP contribution in [-0.2, 0) is 18.5 Å². The molecule has 0 spiro atoms. The monoisotopic (exact) mass is 2290 g/mol. The molecule has 2 saturated heterocycles. The second kappa shape index (κ2) is 55.3. The molecule has 6 N–H and O–H groups in total. The number of halogens is 3. The van der Waals surface area contributed by atoms with Crippen LogP contribution in [-0.4, -0.2) is 178 Å². The van der Waals surface area contributed by atoms with Crippen molar-refractivity contribution in [3.8, 4) is 0 Å². The van der Waals surface area contributed by atoms with Crippen LogP contribution in [0.3, 0.4) is 0 Å². The third-order valence-electron chi connectivity index (χ3n) is 11.3. The predicted octanol–water partition coefficient (Wildman–Crippen LogP) is 12.3. The minimum Gasteiger partial charge on any atom is -0.400 e. The van der Waals surface area contributed by atoms with Gasteiger partial charge in [0.05, 0.1) is 18.8 Å². The first-order valence-electron chi connectivity index (χ1n) is 30.8. The summed E-state index contributed by atoms with van der Waals surface area (Å²) in [6, 6.07) is 4.32. The van der Waals surface area contributed by atoms with Crippen molar-refractivity contribution in [2.75, 3.05) is 38.9 Å². The van der Waals surface area contributed by atoms with Crippen LogP contribution in [0.4, 0.5) is 8.78 Å². The summed E-state index contributed by atoms with van der Waals surface area (Å²) in [5.41, 5.74) is -2.76. The van der Waals surface area contributed by atoms with Gasteiger partial charge < -0.3 is 39.0 Å². The van der Waals surface area contributed by atoms with E-state index in [2.05, 4.69) is 126 Å². The Labute approximate surface area is 650 Å². The number of aliphatic hydroxyl groups is 4. The van der Waals surface area contributed by atoms with Crippen molar-refractivity contribution in [2.45, 2.75) is 272 Å². The zero-order chi connectivity index (χ0) is 68.2. The first kappa shape index (κ1) is 93.6. The molecule has 2 aromatic heterocycles. The van der Waals surface area contributed by atoms with Crippen LogP contribution in [0.2, 0.25) is 0 Å². The van der Waals surface area contributed by atoms with Gasteiger partial charge in [-0.2, -0.15) is 0 Å². The summed E-state index contributed by atoms with van der Waals surface area (Å²) in [6.07, 6.45) is -1.91. The Balaban J connectivity index is -0.000000282. The first-order chi connectivity index (χ1) is 41.0. The van der Waals surface area contributed by atoms with Crippen molar-refractivity contribution >= 4 is 70.5 Å². The molecule has 88 heavy (non-hydrogen) atoms.